The summed E-state index contributed by atoms with van der Waals surface area (Å²) in [6, 6.07) is 12.4. The van der Waals surface area contributed by atoms with E-state index in [0.717, 1.165) is 24.1 Å². The standard InChI is InChI=1S/C20H22N2O4S/c1-14-13-21(15(2)23)19-10-9-17(12-20(19)26-14)27(24,25)22-11-5-7-16-6-3-4-8-18(16)22/h3-4,6,8-10,12,14H,5,7,11,13H2,1-2H3. The SMILES string of the molecule is CC(=O)N1CC(C)Oc2cc(S(=O)(=O)N3CCCc4ccccc43)ccc21. The zero-order valence-electron chi connectivity index (χ0n) is 15.4. The third kappa shape index (κ3) is 3.06. The minimum Gasteiger partial charge on any atom is -0.487 e. The number of nitrogens with zero attached hydrogens (tertiary/aromatic N) is 2. The first-order chi connectivity index (χ1) is 12.9. The van der Waals surface area contributed by atoms with Crippen LogP contribution in [0.4, 0.5) is 11.4 Å². The summed E-state index contributed by atoms with van der Waals surface area (Å²) in [4.78, 5) is 13.7. The highest BCUT2D eigenvalue weighted by Crippen LogP contribution is 2.38. The van der Waals surface area contributed by atoms with Gasteiger partial charge in [-0.2, -0.15) is 0 Å². The Morgan fingerprint density at radius 3 is 2.70 bits per heavy atom. The van der Waals surface area contributed by atoms with Gasteiger partial charge in [0.15, 0.2) is 0 Å². The van der Waals surface area contributed by atoms with Crippen LogP contribution in [0.1, 0.15) is 25.8 Å². The van der Waals surface area contributed by atoms with Gasteiger partial charge in [0.1, 0.15) is 11.9 Å². The van der Waals surface area contributed by atoms with Crippen molar-refractivity contribution in [2.75, 3.05) is 22.3 Å². The summed E-state index contributed by atoms with van der Waals surface area (Å²) in [6.45, 7) is 4.26. The van der Waals surface area contributed by atoms with Gasteiger partial charge in [0, 0.05) is 19.5 Å². The molecule has 6 nitrogen and oxygen atoms in total. The molecule has 2 heterocycles. The molecule has 0 aliphatic carbocycles. The molecule has 4 rings (SSSR count). The van der Waals surface area contributed by atoms with Crippen LogP contribution in [0.2, 0.25) is 0 Å². The van der Waals surface area contributed by atoms with Gasteiger partial charge in [0.25, 0.3) is 10.0 Å². The fourth-order valence-corrected chi connectivity index (χ4v) is 5.31. The van der Waals surface area contributed by atoms with Gasteiger partial charge in [-0.05, 0) is 43.5 Å². The number of carbonyl (C=O) groups excluding carboxylic acids is 1. The van der Waals surface area contributed by atoms with Crippen LogP contribution in [0.3, 0.4) is 0 Å². The molecular weight excluding hydrogens is 364 g/mol. The minimum absolute atomic E-state index is 0.0908. The fraction of sp³-hybridized carbons (Fsp3) is 0.350. The van der Waals surface area contributed by atoms with Crippen LogP contribution < -0.4 is 13.9 Å². The van der Waals surface area contributed by atoms with Crippen molar-refractivity contribution in [1.82, 2.24) is 0 Å². The summed E-state index contributed by atoms with van der Waals surface area (Å²) in [5.74, 6) is 0.335. The molecule has 0 bridgehead atoms. The number of carbonyl (C=O) groups is 1. The van der Waals surface area contributed by atoms with Gasteiger partial charge in [0.2, 0.25) is 5.91 Å². The highest BCUT2D eigenvalue weighted by molar-refractivity contribution is 7.92. The topological polar surface area (TPSA) is 66.9 Å². The molecule has 0 saturated carbocycles. The first-order valence-electron chi connectivity index (χ1n) is 9.07. The van der Waals surface area contributed by atoms with E-state index in [-0.39, 0.29) is 16.9 Å². The molecule has 2 aromatic rings. The predicted molar refractivity (Wildman–Crippen MR) is 104 cm³/mol. The molecule has 0 spiro atoms. The van der Waals surface area contributed by atoms with E-state index in [0.29, 0.717) is 24.5 Å². The predicted octanol–water partition coefficient (Wildman–Crippen LogP) is 2.96. The van der Waals surface area contributed by atoms with Gasteiger partial charge in [-0.15, -0.1) is 0 Å². The van der Waals surface area contributed by atoms with Crippen LogP contribution in [0, 0.1) is 0 Å². The Morgan fingerprint density at radius 1 is 1.15 bits per heavy atom. The lowest BCUT2D eigenvalue weighted by Crippen LogP contribution is -2.41. The largest absolute Gasteiger partial charge is 0.487 e. The highest BCUT2D eigenvalue weighted by Gasteiger charge is 2.32. The monoisotopic (exact) mass is 386 g/mol. The number of aryl methyl sites for hydroxylation is 1. The number of para-hydroxylation sites is 1. The number of benzene rings is 2. The van der Waals surface area contributed by atoms with Crippen molar-refractivity contribution in [2.45, 2.75) is 37.7 Å². The van der Waals surface area contributed by atoms with Crippen LogP contribution in [0.25, 0.3) is 0 Å². The number of anilines is 2. The molecule has 0 N–H and O–H groups in total. The molecule has 1 amide bonds. The van der Waals surface area contributed by atoms with Gasteiger partial charge in [0.05, 0.1) is 22.8 Å². The second kappa shape index (κ2) is 6.56. The fourth-order valence-electron chi connectivity index (χ4n) is 3.76. The van der Waals surface area contributed by atoms with Crippen LogP contribution in [0.5, 0.6) is 5.75 Å². The van der Waals surface area contributed by atoms with E-state index in [9.17, 15) is 13.2 Å². The molecular formula is C20H22N2O4S. The van der Waals surface area contributed by atoms with Crippen molar-refractivity contribution < 1.29 is 17.9 Å². The minimum atomic E-state index is -3.71. The number of amides is 1. The average molecular weight is 386 g/mol. The third-order valence-electron chi connectivity index (χ3n) is 5.03. The molecule has 7 heteroatoms. The molecule has 0 fully saturated rings. The Balaban J connectivity index is 1.76. The van der Waals surface area contributed by atoms with Gasteiger partial charge >= 0.3 is 0 Å². The zero-order chi connectivity index (χ0) is 19.2. The lowest BCUT2D eigenvalue weighted by Gasteiger charge is -2.34. The van der Waals surface area contributed by atoms with Crippen molar-refractivity contribution in [3.8, 4) is 5.75 Å². The summed E-state index contributed by atoms with van der Waals surface area (Å²) in [7, 11) is -3.71. The van der Waals surface area contributed by atoms with Crippen molar-refractivity contribution in [3.05, 3.63) is 48.0 Å². The van der Waals surface area contributed by atoms with Crippen molar-refractivity contribution in [1.29, 1.82) is 0 Å². The summed E-state index contributed by atoms with van der Waals surface area (Å²) < 4.78 is 33.9. The molecule has 2 aliphatic heterocycles. The van der Waals surface area contributed by atoms with Crippen LogP contribution >= 0.6 is 0 Å². The second-order valence-electron chi connectivity index (χ2n) is 7.00. The first kappa shape index (κ1) is 17.9. The second-order valence-corrected chi connectivity index (χ2v) is 8.86. The quantitative estimate of drug-likeness (QED) is 0.796. The molecule has 0 aromatic heterocycles. The van der Waals surface area contributed by atoms with E-state index in [2.05, 4.69) is 0 Å². The number of sulfonamides is 1. The van der Waals surface area contributed by atoms with Crippen molar-refractivity contribution in [2.24, 2.45) is 0 Å². The van der Waals surface area contributed by atoms with E-state index in [1.807, 2.05) is 31.2 Å². The summed E-state index contributed by atoms with van der Waals surface area (Å²) in [5, 5.41) is 0. The van der Waals surface area contributed by atoms with Crippen molar-refractivity contribution in [3.63, 3.8) is 0 Å². The molecule has 1 atom stereocenters. The zero-order valence-corrected chi connectivity index (χ0v) is 16.2. The lowest BCUT2D eigenvalue weighted by molar-refractivity contribution is -0.117. The van der Waals surface area contributed by atoms with Gasteiger partial charge < -0.3 is 9.64 Å². The van der Waals surface area contributed by atoms with E-state index >= 15 is 0 Å². The van der Waals surface area contributed by atoms with Crippen LogP contribution in [-0.2, 0) is 21.2 Å². The van der Waals surface area contributed by atoms with E-state index in [1.54, 1.807) is 17.0 Å². The number of ether oxygens (including phenoxy) is 1. The number of rotatable bonds is 2. The van der Waals surface area contributed by atoms with Crippen LogP contribution in [-0.4, -0.2) is 33.5 Å². The number of hydrogen-bond donors (Lipinski definition) is 0. The maximum Gasteiger partial charge on any atom is 0.264 e. The first-order valence-corrected chi connectivity index (χ1v) is 10.5. The maximum absolute atomic E-state index is 13.3. The summed E-state index contributed by atoms with van der Waals surface area (Å²) in [6.07, 6.45) is 1.46. The normalized spacial score (nSPS) is 19.1. The number of fused-ring (bicyclic) bond motifs is 2. The molecule has 27 heavy (non-hydrogen) atoms. The van der Waals surface area contributed by atoms with Gasteiger partial charge in [-0.25, -0.2) is 8.42 Å². The molecule has 0 radical (unpaired) electrons. The molecule has 0 saturated heterocycles. The smallest absolute Gasteiger partial charge is 0.264 e. The Labute approximate surface area is 159 Å². The van der Waals surface area contributed by atoms with E-state index in [4.69, 9.17) is 4.74 Å². The maximum atomic E-state index is 13.3. The Hall–Kier alpha value is -2.54. The summed E-state index contributed by atoms with van der Waals surface area (Å²) in [5.41, 5.74) is 2.39. The Kier molecular flexibility index (Phi) is 4.34. The Bertz CT molecular complexity index is 1000. The number of hydrogen-bond acceptors (Lipinski definition) is 4. The summed E-state index contributed by atoms with van der Waals surface area (Å²) >= 11 is 0. The molecule has 142 valence electrons. The Morgan fingerprint density at radius 2 is 1.93 bits per heavy atom. The average Bonchev–Trinajstić information content (AvgIpc) is 2.66. The molecule has 2 aliphatic rings. The molecule has 1 unspecified atom stereocenters. The van der Waals surface area contributed by atoms with Gasteiger partial charge in [-0.1, -0.05) is 18.2 Å². The van der Waals surface area contributed by atoms with Gasteiger partial charge in [-0.3, -0.25) is 9.10 Å². The highest BCUT2D eigenvalue weighted by atomic mass is 32.2. The van der Waals surface area contributed by atoms with Crippen molar-refractivity contribution >= 4 is 27.3 Å². The molecule has 2 aromatic carbocycles. The van der Waals surface area contributed by atoms with Crippen LogP contribution in [0.15, 0.2) is 47.4 Å². The van der Waals surface area contributed by atoms with E-state index in [1.165, 1.54) is 17.3 Å². The lowest BCUT2D eigenvalue weighted by atomic mass is 10.0. The third-order valence-corrected chi connectivity index (χ3v) is 6.83. The van der Waals surface area contributed by atoms with E-state index < -0.39 is 10.0 Å².